The first kappa shape index (κ1) is 19.6. The number of hydrogen-bond donors (Lipinski definition) is 2. The summed E-state index contributed by atoms with van der Waals surface area (Å²) in [5.41, 5.74) is -1.33. The van der Waals surface area contributed by atoms with Crippen LogP contribution < -0.4 is 15.4 Å². The average Bonchev–Trinajstić information content (AvgIpc) is 2.51. The molecule has 4 nitrogen and oxygen atoms in total. The number of carbonyl (C=O) groups excluding carboxylic acids is 1. The van der Waals surface area contributed by atoms with Crippen molar-refractivity contribution in [3.05, 3.63) is 29.3 Å². The molecule has 0 spiro atoms. The maximum absolute atomic E-state index is 13.4. The summed E-state index contributed by atoms with van der Waals surface area (Å²) >= 11 is 0. The van der Waals surface area contributed by atoms with Gasteiger partial charge in [0.2, 0.25) is 5.91 Å². The summed E-state index contributed by atoms with van der Waals surface area (Å²) in [6.07, 6.45) is -3.10. The van der Waals surface area contributed by atoms with Gasteiger partial charge >= 0.3 is 6.18 Å². The van der Waals surface area contributed by atoms with Crippen molar-refractivity contribution < 1.29 is 22.7 Å². The van der Waals surface area contributed by atoms with Crippen molar-refractivity contribution in [1.82, 2.24) is 10.6 Å². The number of carbonyl (C=O) groups is 1. The molecule has 1 amide bonds. The Morgan fingerprint density at radius 3 is 2.44 bits per heavy atom. The number of piperidine rings is 1. The Balaban J connectivity index is 2.12. The van der Waals surface area contributed by atoms with E-state index in [9.17, 15) is 18.0 Å². The maximum atomic E-state index is 13.4. The number of nitrogens with one attached hydrogen (secondary N) is 2. The largest absolute Gasteiger partial charge is 0.488 e. The second-order valence-electron chi connectivity index (χ2n) is 7.27. The fourth-order valence-corrected chi connectivity index (χ4v) is 2.80. The SMILES string of the molecule is CC(C)(C)Oc1ccc(CNC(=O)C2CCNCC2)c(C(F)(F)F)c1. The molecule has 1 aliphatic heterocycles. The van der Waals surface area contributed by atoms with Crippen molar-refractivity contribution in [3.8, 4) is 5.75 Å². The molecule has 0 bridgehead atoms. The fraction of sp³-hybridized carbons (Fsp3) is 0.611. The Bertz CT molecular complexity index is 603. The summed E-state index contributed by atoms with van der Waals surface area (Å²) in [6, 6.07) is 3.87. The van der Waals surface area contributed by atoms with Crippen molar-refractivity contribution in [1.29, 1.82) is 0 Å². The highest BCUT2D eigenvalue weighted by molar-refractivity contribution is 5.78. The molecule has 1 fully saturated rings. The normalized spacial score (nSPS) is 16.6. The number of alkyl halides is 3. The van der Waals surface area contributed by atoms with Crippen molar-refractivity contribution in [3.63, 3.8) is 0 Å². The van der Waals surface area contributed by atoms with Crippen LogP contribution in [0.25, 0.3) is 0 Å². The third kappa shape index (κ3) is 5.92. The molecule has 0 aromatic heterocycles. The molecule has 140 valence electrons. The van der Waals surface area contributed by atoms with Gasteiger partial charge in [-0.3, -0.25) is 4.79 Å². The minimum Gasteiger partial charge on any atom is -0.488 e. The van der Waals surface area contributed by atoms with Crippen LogP contribution in [0.3, 0.4) is 0 Å². The molecule has 1 aliphatic rings. The van der Waals surface area contributed by atoms with E-state index in [-0.39, 0.29) is 29.7 Å². The van der Waals surface area contributed by atoms with Gasteiger partial charge in [-0.15, -0.1) is 0 Å². The molecule has 0 unspecified atom stereocenters. The standard InChI is InChI=1S/C18H25F3N2O2/c1-17(2,3)25-14-5-4-13(15(10-14)18(19,20)21)11-23-16(24)12-6-8-22-9-7-12/h4-5,10,12,22H,6-9,11H2,1-3H3,(H,23,24). The highest BCUT2D eigenvalue weighted by Gasteiger charge is 2.34. The number of halogens is 3. The van der Waals surface area contributed by atoms with Gasteiger partial charge in [-0.05, 0) is 64.4 Å². The monoisotopic (exact) mass is 358 g/mol. The minimum absolute atomic E-state index is 0.0380. The molecule has 25 heavy (non-hydrogen) atoms. The first-order valence-corrected chi connectivity index (χ1v) is 8.44. The van der Waals surface area contributed by atoms with Crippen LogP contribution in [-0.4, -0.2) is 24.6 Å². The van der Waals surface area contributed by atoms with Gasteiger partial charge in [0.05, 0.1) is 5.56 Å². The topological polar surface area (TPSA) is 50.4 Å². The number of ether oxygens (including phenoxy) is 1. The quantitative estimate of drug-likeness (QED) is 0.866. The second-order valence-corrected chi connectivity index (χ2v) is 7.27. The highest BCUT2D eigenvalue weighted by Crippen LogP contribution is 2.35. The number of rotatable bonds is 4. The lowest BCUT2D eigenvalue weighted by Crippen LogP contribution is -2.38. The molecule has 1 saturated heterocycles. The first-order valence-electron chi connectivity index (χ1n) is 8.44. The minimum atomic E-state index is -4.51. The number of hydrogen-bond acceptors (Lipinski definition) is 3. The lowest BCUT2D eigenvalue weighted by atomic mass is 9.97. The molecule has 0 saturated carbocycles. The Labute approximate surface area is 146 Å². The summed E-state index contributed by atoms with van der Waals surface area (Å²) in [5, 5.41) is 5.80. The number of benzene rings is 1. The van der Waals surface area contributed by atoms with Crippen molar-refractivity contribution in [2.75, 3.05) is 13.1 Å². The highest BCUT2D eigenvalue weighted by atomic mass is 19.4. The van der Waals surface area contributed by atoms with Gasteiger partial charge in [-0.1, -0.05) is 6.07 Å². The lowest BCUT2D eigenvalue weighted by molar-refractivity contribution is -0.138. The summed E-state index contributed by atoms with van der Waals surface area (Å²) in [7, 11) is 0. The predicted molar refractivity (Wildman–Crippen MR) is 89.3 cm³/mol. The van der Waals surface area contributed by atoms with Crippen LogP contribution in [0.5, 0.6) is 5.75 Å². The van der Waals surface area contributed by atoms with Gasteiger partial charge in [0.15, 0.2) is 0 Å². The summed E-state index contributed by atoms with van der Waals surface area (Å²) in [4.78, 5) is 12.1. The first-order chi connectivity index (χ1) is 11.6. The third-order valence-electron chi connectivity index (χ3n) is 3.97. The molecule has 1 aromatic rings. The predicted octanol–water partition coefficient (Wildman–Crippen LogP) is 3.50. The summed E-state index contributed by atoms with van der Waals surface area (Å²) < 4.78 is 45.6. The molecule has 2 N–H and O–H groups in total. The Hall–Kier alpha value is -1.76. The zero-order valence-corrected chi connectivity index (χ0v) is 14.8. The van der Waals surface area contributed by atoms with Crippen LogP contribution >= 0.6 is 0 Å². The Kier molecular flexibility index (Phi) is 5.98. The van der Waals surface area contributed by atoms with Crippen molar-refractivity contribution in [2.45, 2.75) is 51.9 Å². The van der Waals surface area contributed by atoms with Crippen molar-refractivity contribution >= 4 is 5.91 Å². The summed E-state index contributed by atoms with van der Waals surface area (Å²) in [6.45, 7) is 6.68. The van der Waals surface area contributed by atoms with Crippen LogP contribution in [0.15, 0.2) is 18.2 Å². The smallest absolute Gasteiger partial charge is 0.416 e. The fourth-order valence-electron chi connectivity index (χ4n) is 2.80. The van der Waals surface area contributed by atoms with Gasteiger partial charge in [0.25, 0.3) is 0 Å². The Morgan fingerprint density at radius 2 is 1.88 bits per heavy atom. The van der Waals surface area contributed by atoms with Crippen LogP contribution in [0.4, 0.5) is 13.2 Å². The Morgan fingerprint density at radius 1 is 1.24 bits per heavy atom. The van der Waals surface area contributed by atoms with Crippen LogP contribution in [0, 0.1) is 5.92 Å². The van der Waals surface area contributed by atoms with E-state index in [4.69, 9.17) is 4.74 Å². The molecule has 1 aromatic carbocycles. The van der Waals surface area contributed by atoms with E-state index in [2.05, 4.69) is 10.6 Å². The molecule has 7 heteroatoms. The van der Waals surface area contributed by atoms with E-state index < -0.39 is 17.3 Å². The van der Waals surface area contributed by atoms with Gasteiger partial charge in [0.1, 0.15) is 11.4 Å². The van der Waals surface area contributed by atoms with E-state index in [1.807, 2.05) is 0 Å². The van der Waals surface area contributed by atoms with Gasteiger partial charge < -0.3 is 15.4 Å². The molecule has 0 radical (unpaired) electrons. The van der Waals surface area contributed by atoms with Gasteiger partial charge in [0, 0.05) is 12.5 Å². The molecule has 0 atom stereocenters. The maximum Gasteiger partial charge on any atom is 0.416 e. The van der Waals surface area contributed by atoms with Crippen LogP contribution in [0.2, 0.25) is 0 Å². The molecule has 0 aliphatic carbocycles. The third-order valence-corrected chi connectivity index (χ3v) is 3.97. The molecular weight excluding hydrogens is 333 g/mol. The zero-order valence-electron chi connectivity index (χ0n) is 14.8. The van der Waals surface area contributed by atoms with E-state index in [0.29, 0.717) is 12.8 Å². The van der Waals surface area contributed by atoms with E-state index in [0.717, 1.165) is 19.2 Å². The van der Waals surface area contributed by atoms with Gasteiger partial charge in [-0.25, -0.2) is 0 Å². The second kappa shape index (κ2) is 7.64. The van der Waals surface area contributed by atoms with Crippen molar-refractivity contribution in [2.24, 2.45) is 5.92 Å². The molecule has 2 rings (SSSR count). The average molecular weight is 358 g/mol. The van der Waals surface area contributed by atoms with Crippen LogP contribution in [0.1, 0.15) is 44.7 Å². The van der Waals surface area contributed by atoms with E-state index >= 15 is 0 Å². The van der Waals surface area contributed by atoms with E-state index in [1.54, 1.807) is 20.8 Å². The molecule has 1 heterocycles. The van der Waals surface area contributed by atoms with Gasteiger partial charge in [-0.2, -0.15) is 13.2 Å². The van der Waals surface area contributed by atoms with Crippen LogP contribution in [-0.2, 0) is 17.5 Å². The lowest BCUT2D eigenvalue weighted by Gasteiger charge is -2.24. The number of amides is 1. The molecular formula is C18H25F3N2O2. The zero-order chi connectivity index (χ0) is 18.7. The van der Waals surface area contributed by atoms with E-state index in [1.165, 1.54) is 12.1 Å². The summed E-state index contributed by atoms with van der Waals surface area (Å²) in [5.74, 6) is -0.169.